The van der Waals surface area contributed by atoms with Crippen molar-refractivity contribution in [3.63, 3.8) is 0 Å². The van der Waals surface area contributed by atoms with Crippen LogP contribution >= 0.6 is 11.6 Å². The molecule has 3 rings (SSSR count). The average Bonchev–Trinajstić information content (AvgIpc) is 2.47. The van der Waals surface area contributed by atoms with E-state index >= 15 is 0 Å². The summed E-state index contributed by atoms with van der Waals surface area (Å²) in [6, 6.07) is 16.3. The predicted octanol–water partition coefficient (Wildman–Crippen LogP) is 4.09. The molecule has 0 aromatic heterocycles. The van der Waals surface area contributed by atoms with Crippen LogP contribution < -0.4 is 5.32 Å². The van der Waals surface area contributed by atoms with Gasteiger partial charge in [-0.3, -0.25) is 4.79 Å². The normalized spacial score (nSPS) is 15.3. The summed E-state index contributed by atoms with van der Waals surface area (Å²) >= 11 is 6.52. The molecule has 1 aliphatic heterocycles. The molecule has 2 aromatic carbocycles. The Morgan fingerprint density at radius 1 is 1.10 bits per heavy atom. The second-order valence-electron chi connectivity index (χ2n) is 5.12. The van der Waals surface area contributed by atoms with Gasteiger partial charge in [0.05, 0.1) is 5.38 Å². The van der Waals surface area contributed by atoms with Gasteiger partial charge in [-0.1, -0.05) is 42.5 Å². The Hall–Kier alpha value is -1.80. The molecule has 0 aliphatic carbocycles. The lowest BCUT2D eigenvalue weighted by Gasteiger charge is -2.19. The first-order chi connectivity index (χ1) is 9.72. The third-order valence-corrected chi connectivity index (χ3v) is 4.05. The molecule has 2 nitrogen and oxygen atoms in total. The highest BCUT2D eigenvalue weighted by Crippen LogP contribution is 2.30. The summed E-state index contributed by atoms with van der Waals surface area (Å²) < 4.78 is 0. The van der Waals surface area contributed by atoms with Crippen molar-refractivity contribution in [1.29, 1.82) is 0 Å². The van der Waals surface area contributed by atoms with Crippen molar-refractivity contribution in [3.05, 3.63) is 65.2 Å². The van der Waals surface area contributed by atoms with E-state index in [1.165, 1.54) is 11.1 Å². The molecule has 3 heteroatoms. The van der Waals surface area contributed by atoms with Crippen molar-refractivity contribution in [1.82, 2.24) is 0 Å². The molecule has 0 spiro atoms. The smallest absolute Gasteiger partial charge is 0.224 e. The maximum absolute atomic E-state index is 11.3. The molecule has 102 valence electrons. The molecule has 0 saturated heterocycles. The summed E-state index contributed by atoms with van der Waals surface area (Å²) in [5, 5.41) is 2.85. The zero-order chi connectivity index (χ0) is 13.9. The number of aryl methyl sites for hydroxylation is 1. The van der Waals surface area contributed by atoms with Gasteiger partial charge in [0.25, 0.3) is 0 Å². The van der Waals surface area contributed by atoms with Crippen molar-refractivity contribution in [2.24, 2.45) is 0 Å². The molecule has 1 amide bonds. The van der Waals surface area contributed by atoms with Crippen LogP contribution in [0.15, 0.2) is 48.5 Å². The van der Waals surface area contributed by atoms with Gasteiger partial charge >= 0.3 is 0 Å². The highest BCUT2D eigenvalue weighted by Gasteiger charge is 2.17. The van der Waals surface area contributed by atoms with Gasteiger partial charge < -0.3 is 5.32 Å². The summed E-state index contributed by atoms with van der Waals surface area (Å²) in [7, 11) is 0. The Morgan fingerprint density at radius 2 is 1.90 bits per heavy atom. The molecule has 0 bridgehead atoms. The highest BCUT2D eigenvalue weighted by molar-refractivity contribution is 6.21. The molecule has 1 N–H and O–H groups in total. The lowest BCUT2D eigenvalue weighted by Crippen LogP contribution is -2.19. The SMILES string of the molecule is O=C1CCc2cc(C(Cl)Cc3ccccc3)ccc2N1. The van der Waals surface area contributed by atoms with Crippen LogP contribution in [0.2, 0.25) is 0 Å². The number of nitrogens with one attached hydrogen (secondary N) is 1. The Balaban J connectivity index is 1.79. The lowest BCUT2D eigenvalue weighted by atomic mass is 9.97. The first kappa shape index (κ1) is 13.2. The minimum atomic E-state index is -0.0414. The van der Waals surface area contributed by atoms with Gasteiger partial charge in [0.15, 0.2) is 0 Å². The number of benzene rings is 2. The van der Waals surface area contributed by atoms with Crippen LogP contribution in [0, 0.1) is 0 Å². The number of carbonyl (C=O) groups is 1. The van der Waals surface area contributed by atoms with Crippen LogP contribution in [-0.2, 0) is 17.6 Å². The van der Waals surface area contributed by atoms with E-state index in [4.69, 9.17) is 11.6 Å². The Bertz CT molecular complexity index is 624. The second kappa shape index (κ2) is 5.68. The number of rotatable bonds is 3. The summed E-state index contributed by atoms with van der Waals surface area (Å²) in [4.78, 5) is 11.3. The minimum absolute atomic E-state index is 0.0414. The minimum Gasteiger partial charge on any atom is -0.326 e. The van der Waals surface area contributed by atoms with Crippen LogP contribution in [0.3, 0.4) is 0 Å². The van der Waals surface area contributed by atoms with Crippen LogP contribution in [0.5, 0.6) is 0 Å². The van der Waals surface area contributed by atoms with Crippen molar-refractivity contribution in [3.8, 4) is 0 Å². The Labute approximate surface area is 123 Å². The summed E-state index contributed by atoms with van der Waals surface area (Å²) in [5.41, 5.74) is 4.46. The number of carbonyl (C=O) groups excluding carboxylic acids is 1. The summed E-state index contributed by atoms with van der Waals surface area (Å²) in [6.07, 6.45) is 2.17. The molecule has 20 heavy (non-hydrogen) atoms. The number of alkyl halides is 1. The summed E-state index contributed by atoms with van der Waals surface area (Å²) in [6.45, 7) is 0. The largest absolute Gasteiger partial charge is 0.326 e. The summed E-state index contributed by atoms with van der Waals surface area (Å²) in [5.74, 6) is 0.0944. The highest BCUT2D eigenvalue weighted by atomic mass is 35.5. The molecule has 1 aliphatic rings. The predicted molar refractivity (Wildman–Crippen MR) is 82.1 cm³/mol. The molecule has 0 radical (unpaired) electrons. The molecule has 0 fully saturated rings. The van der Waals surface area contributed by atoms with Gasteiger partial charge in [0.1, 0.15) is 0 Å². The van der Waals surface area contributed by atoms with Crippen LogP contribution in [0.4, 0.5) is 5.69 Å². The fourth-order valence-corrected chi connectivity index (χ4v) is 2.85. The van der Waals surface area contributed by atoms with Crippen molar-refractivity contribution < 1.29 is 4.79 Å². The van der Waals surface area contributed by atoms with E-state index in [1.807, 2.05) is 30.3 Å². The fourth-order valence-electron chi connectivity index (χ4n) is 2.54. The van der Waals surface area contributed by atoms with Crippen LogP contribution in [0.25, 0.3) is 0 Å². The lowest BCUT2D eigenvalue weighted by molar-refractivity contribution is -0.116. The van der Waals surface area contributed by atoms with Crippen molar-refractivity contribution in [2.75, 3.05) is 5.32 Å². The average molecular weight is 286 g/mol. The number of hydrogen-bond donors (Lipinski definition) is 1. The number of hydrogen-bond acceptors (Lipinski definition) is 1. The number of fused-ring (bicyclic) bond motifs is 1. The van der Waals surface area contributed by atoms with Crippen molar-refractivity contribution in [2.45, 2.75) is 24.6 Å². The van der Waals surface area contributed by atoms with E-state index < -0.39 is 0 Å². The third-order valence-electron chi connectivity index (χ3n) is 3.64. The topological polar surface area (TPSA) is 29.1 Å². The Kier molecular flexibility index (Phi) is 3.75. The van der Waals surface area contributed by atoms with Crippen LogP contribution in [0.1, 0.15) is 28.5 Å². The molecule has 1 atom stereocenters. The van der Waals surface area contributed by atoms with E-state index in [0.29, 0.717) is 6.42 Å². The third kappa shape index (κ3) is 2.86. The van der Waals surface area contributed by atoms with Crippen molar-refractivity contribution >= 4 is 23.2 Å². The van der Waals surface area contributed by atoms with E-state index in [2.05, 4.69) is 23.5 Å². The quantitative estimate of drug-likeness (QED) is 0.846. The van der Waals surface area contributed by atoms with E-state index in [1.54, 1.807) is 0 Å². The van der Waals surface area contributed by atoms with Gasteiger partial charge in [-0.2, -0.15) is 0 Å². The van der Waals surface area contributed by atoms with E-state index in [-0.39, 0.29) is 11.3 Å². The van der Waals surface area contributed by atoms with Gasteiger partial charge in [-0.15, -0.1) is 11.6 Å². The monoisotopic (exact) mass is 285 g/mol. The fraction of sp³-hybridized carbons (Fsp3) is 0.235. The first-order valence-corrected chi connectivity index (χ1v) is 7.27. The van der Waals surface area contributed by atoms with E-state index in [9.17, 15) is 4.79 Å². The zero-order valence-electron chi connectivity index (χ0n) is 11.1. The molecule has 2 aromatic rings. The standard InChI is InChI=1S/C17H16ClNO/c18-15(10-12-4-2-1-3-5-12)13-6-8-16-14(11-13)7-9-17(20)19-16/h1-6,8,11,15H,7,9-10H2,(H,19,20). The second-order valence-corrected chi connectivity index (χ2v) is 5.65. The Morgan fingerprint density at radius 3 is 2.70 bits per heavy atom. The number of halogens is 1. The molecule has 1 unspecified atom stereocenters. The van der Waals surface area contributed by atoms with E-state index in [0.717, 1.165) is 24.1 Å². The van der Waals surface area contributed by atoms with Gasteiger partial charge in [0, 0.05) is 12.1 Å². The van der Waals surface area contributed by atoms with Gasteiger partial charge in [0.2, 0.25) is 5.91 Å². The molecular formula is C17H16ClNO. The number of amides is 1. The zero-order valence-corrected chi connectivity index (χ0v) is 11.9. The maximum atomic E-state index is 11.3. The number of anilines is 1. The van der Waals surface area contributed by atoms with Gasteiger partial charge in [-0.05, 0) is 35.6 Å². The van der Waals surface area contributed by atoms with Gasteiger partial charge in [-0.25, -0.2) is 0 Å². The first-order valence-electron chi connectivity index (χ1n) is 6.83. The molecule has 0 saturated carbocycles. The molecule has 1 heterocycles. The molecular weight excluding hydrogens is 270 g/mol. The van der Waals surface area contributed by atoms with Crippen LogP contribution in [-0.4, -0.2) is 5.91 Å². The maximum Gasteiger partial charge on any atom is 0.224 e.